The van der Waals surface area contributed by atoms with Gasteiger partial charge in [-0.3, -0.25) is 19.9 Å². The summed E-state index contributed by atoms with van der Waals surface area (Å²) in [5.74, 6) is -1.55. The van der Waals surface area contributed by atoms with Crippen LogP contribution in [0, 0.1) is 0 Å². The third-order valence-electron chi connectivity index (χ3n) is 3.09. The SMILES string of the molecule is O=C(C[C@H](NCc1cccnc1)C(=O)O)Nc1cccc(O)c1. The second kappa shape index (κ2) is 7.90. The van der Waals surface area contributed by atoms with Gasteiger partial charge in [0, 0.05) is 30.7 Å². The van der Waals surface area contributed by atoms with E-state index < -0.39 is 17.9 Å². The van der Waals surface area contributed by atoms with Crippen molar-refractivity contribution in [3.63, 3.8) is 0 Å². The number of amides is 1. The van der Waals surface area contributed by atoms with Crippen molar-refractivity contribution in [2.24, 2.45) is 0 Å². The van der Waals surface area contributed by atoms with Gasteiger partial charge in [-0.15, -0.1) is 0 Å². The number of aromatic hydroxyl groups is 1. The monoisotopic (exact) mass is 315 g/mol. The van der Waals surface area contributed by atoms with Crippen LogP contribution in [0.3, 0.4) is 0 Å². The van der Waals surface area contributed by atoms with Crippen LogP contribution >= 0.6 is 0 Å². The average Bonchev–Trinajstić information content (AvgIpc) is 2.52. The van der Waals surface area contributed by atoms with Crippen molar-refractivity contribution in [1.82, 2.24) is 10.3 Å². The Hall–Kier alpha value is -2.93. The molecule has 0 fully saturated rings. The van der Waals surface area contributed by atoms with E-state index in [4.69, 9.17) is 0 Å². The van der Waals surface area contributed by atoms with Gasteiger partial charge in [0.25, 0.3) is 0 Å². The van der Waals surface area contributed by atoms with Gasteiger partial charge in [0.1, 0.15) is 11.8 Å². The highest BCUT2D eigenvalue weighted by Crippen LogP contribution is 2.15. The van der Waals surface area contributed by atoms with Crippen molar-refractivity contribution in [2.75, 3.05) is 5.32 Å². The van der Waals surface area contributed by atoms with Gasteiger partial charge in [0.05, 0.1) is 6.42 Å². The smallest absolute Gasteiger partial charge is 0.321 e. The molecule has 0 saturated heterocycles. The quantitative estimate of drug-likeness (QED) is 0.614. The van der Waals surface area contributed by atoms with E-state index in [9.17, 15) is 19.8 Å². The molecule has 0 saturated carbocycles. The number of nitrogens with one attached hydrogen (secondary N) is 2. The van der Waals surface area contributed by atoms with E-state index in [0.717, 1.165) is 5.56 Å². The predicted octanol–water partition coefficient (Wildman–Crippen LogP) is 1.36. The van der Waals surface area contributed by atoms with E-state index in [2.05, 4.69) is 15.6 Å². The zero-order chi connectivity index (χ0) is 16.7. The van der Waals surface area contributed by atoms with Crippen molar-refractivity contribution >= 4 is 17.6 Å². The zero-order valence-electron chi connectivity index (χ0n) is 12.3. The molecule has 4 N–H and O–H groups in total. The van der Waals surface area contributed by atoms with Gasteiger partial charge in [0.15, 0.2) is 0 Å². The van der Waals surface area contributed by atoms with Gasteiger partial charge >= 0.3 is 5.97 Å². The Morgan fingerprint density at radius 1 is 1.22 bits per heavy atom. The Morgan fingerprint density at radius 3 is 2.70 bits per heavy atom. The number of hydrogen-bond donors (Lipinski definition) is 4. The van der Waals surface area contributed by atoms with E-state index in [1.165, 1.54) is 12.1 Å². The number of anilines is 1. The van der Waals surface area contributed by atoms with Crippen LogP contribution in [0.25, 0.3) is 0 Å². The number of carbonyl (C=O) groups excluding carboxylic acids is 1. The van der Waals surface area contributed by atoms with Crippen LogP contribution in [-0.4, -0.2) is 33.1 Å². The fourth-order valence-electron chi connectivity index (χ4n) is 1.97. The predicted molar refractivity (Wildman–Crippen MR) is 83.9 cm³/mol. The number of phenolic OH excluding ortho intramolecular Hbond substituents is 1. The summed E-state index contributed by atoms with van der Waals surface area (Å²) >= 11 is 0. The number of nitrogens with zero attached hydrogens (tertiary/aromatic N) is 1. The van der Waals surface area contributed by atoms with Gasteiger partial charge in [-0.1, -0.05) is 12.1 Å². The maximum atomic E-state index is 11.9. The molecule has 2 aromatic rings. The second-order valence-corrected chi connectivity index (χ2v) is 4.94. The Balaban J connectivity index is 1.91. The molecule has 1 aromatic carbocycles. The molecule has 23 heavy (non-hydrogen) atoms. The third-order valence-corrected chi connectivity index (χ3v) is 3.09. The van der Waals surface area contributed by atoms with Crippen LogP contribution in [0.1, 0.15) is 12.0 Å². The van der Waals surface area contributed by atoms with E-state index in [0.29, 0.717) is 12.2 Å². The molecule has 0 aliphatic carbocycles. The Bertz CT molecular complexity index is 676. The van der Waals surface area contributed by atoms with Crippen molar-refractivity contribution in [2.45, 2.75) is 19.0 Å². The largest absolute Gasteiger partial charge is 0.508 e. The van der Waals surface area contributed by atoms with E-state index in [1.807, 2.05) is 6.07 Å². The molecule has 7 heteroatoms. The molecule has 1 heterocycles. The molecule has 0 bridgehead atoms. The fourth-order valence-corrected chi connectivity index (χ4v) is 1.97. The summed E-state index contributed by atoms with van der Waals surface area (Å²) < 4.78 is 0. The Kier molecular flexibility index (Phi) is 5.65. The molecule has 0 aliphatic heterocycles. The molecule has 0 unspecified atom stereocenters. The lowest BCUT2D eigenvalue weighted by molar-refractivity contribution is -0.141. The van der Waals surface area contributed by atoms with Gasteiger partial charge in [-0.2, -0.15) is 0 Å². The number of phenols is 1. The number of aliphatic carboxylic acids is 1. The Labute approximate surface area is 133 Å². The van der Waals surface area contributed by atoms with Crippen LogP contribution in [0.15, 0.2) is 48.8 Å². The van der Waals surface area contributed by atoms with Crippen molar-refractivity contribution < 1.29 is 19.8 Å². The van der Waals surface area contributed by atoms with Crippen LogP contribution in [0.4, 0.5) is 5.69 Å². The summed E-state index contributed by atoms with van der Waals surface area (Å²) in [4.78, 5) is 27.1. The molecule has 7 nitrogen and oxygen atoms in total. The number of pyridine rings is 1. The zero-order valence-corrected chi connectivity index (χ0v) is 12.3. The molecular weight excluding hydrogens is 298 g/mol. The number of hydrogen-bond acceptors (Lipinski definition) is 5. The minimum atomic E-state index is -1.11. The molecule has 1 atom stereocenters. The number of aromatic nitrogens is 1. The van der Waals surface area contributed by atoms with Crippen LogP contribution in [0.5, 0.6) is 5.75 Å². The molecule has 1 aromatic heterocycles. The number of carboxylic acid groups (broad SMARTS) is 1. The highest BCUT2D eigenvalue weighted by Gasteiger charge is 2.20. The van der Waals surface area contributed by atoms with E-state index in [1.54, 1.807) is 30.6 Å². The minimum absolute atomic E-state index is 0.0206. The first-order valence-electron chi connectivity index (χ1n) is 6.98. The minimum Gasteiger partial charge on any atom is -0.508 e. The maximum absolute atomic E-state index is 11.9. The van der Waals surface area contributed by atoms with Crippen LogP contribution in [-0.2, 0) is 16.1 Å². The number of benzene rings is 1. The highest BCUT2D eigenvalue weighted by molar-refractivity contribution is 5.94. The van der Waals surface area contributed by atoms with Crippen molar-refractivity contribution in [3.8, 4) is 5.75 Å². The Morgan fingerprint density at radius 2 is 2.04 bits per heavy atom. The summed E-state index contributed by atoms with van der Waals surface area (Å²) in [6, 6.07) is 8.60. The second-order valence-electron chi connectivity index (χ2n) is 4.94. The topological polar surface area (TPSA) is 112 Å². The molecular formula is C16H17N3O4. The molecule has 1 amide bonds. The lowest BCUT2D eigenvalue weighted by atomic mass is 10.1. The molecule has 0 aliphatic rings. The van der Waals surface area contributed by atoms with Crippen LogP contribution in [0.2, 0.25) is 0 Å². The number of carboxylic acids is 1. The first-order valence-corrected chi connectivity index (χ1v) is 6.98. The molecule has 0 radical (unpaired) electrons. The van der Waals surface area contributed by atoms with Gasteiger partial charge in [0.2, 0.25) is 5.91 Å². The third kappa shape index (κ3) is 5.40. The number of carbonyl (C=O) groups is 2. The summed E-state index contributed by atoms with van der Waals surface area (Å²) in [6.45, 7) is 0.296. The van der Waals surface area contributed by atoms with Crippen LogP contribution < -0.4 is 10.6 Å². The normalized spacial score (nSPS) is 11.7. The van der Waals surface area contributed by atoms with Crippen molar-refractivity contribution in [1.29, 1.82) is 0 Å². The first-order chi connectivity index (χ1) is 11.0. The van der Waals surface area contributed by atoms with E-state index >= 15 is 0 Å². The lowest BCUT2D eigenvalue weighted by Gasteiger charge is -2.14. The number of rotatable bonds is 7. The van der Waals surface area contributed by atoms with Crippen molar-refractivity contribution in [3.05, 3.63) is 54.4 Å². The molecule has 2 rings (SSSR count). The summed E-state index contributed by atoms with van der Waals surface area (Å²) in [5, 5.41) is 23.9. The van der Waals surface area contributed by atoms with Gasteiger partial charge in [-0.25, -0.2) is 0 Å². The average molecular weight is 315 g/mol. The molecule has 0 spiro atoms. The fraction of sp³-hybridized carbons (Fsp3) is 0.188. The standard InChI is InChI=1S/C16H17N3O4/c20-13-5-1-4-12(7-13)19-15(21)8-14(16(22)23)18-10-11-3-2-6-17-9-11/h1-7,9,14,18,20H,8,10H2,(H,19,21)(H,22,23)/t14-/m0/s1. The van der Waals surface area contributed by atoms with Gasteiger partial charge < -0.3 is 15.5 Å². The molecule has 120 valence electrons. The maximum Gasteiger partial charge on any atom is 0.321 e. The first kappa shape index (κ1) is 16.4. The summed E-state index contributed by atoms with van der Waals surface area (Å²) in [7, 11) is 0. The summed E-state index contributed by atoms with van der Waals surface area (Å²) in [5.41, 5.74) is 1.23. The lowest BCUT2D eigenvalue weighted by Crippen LogP contribution is -2.39. The van der Waals surface area contributed by atoms with Gasteiger partial charge in [-0.05, 0) is 23.8 Å². The van der Waals surface area contributed by atoms with E-state index in [-0.39, 0.29) is 12.2 Å². The summed E-state index contributed by atoms with van der Waals surface area (Å²) in [6.07, 6.45) is 3.02. The highest BCUT2D eigenvalue weighted by atomic mass is 16.4.